The molecule has 3 aliphatic heterocycles. The zero-order valence-corrected chi connectivity index (χ0v) is 26.3. The number of fused-ring (bicyclic) bond motifs is 1. The number of aliphatic hydroxyl groups is 1. The molecule has 3 fully saturated rings. The van der Waals surface area contributed by atoms with Crippen molar-refractivity contribution >= 4 is 17.2 Å². The lowest BCUT2D eigenvalue weighted by molar-refractivity contribution is 0.0290. The fourth-order valence-corrected chi connectivity index (χ4v) is 7.22. The Kier molecular flexibility index (Phi) is 9.33. The molecule has 6 rings (SSSR count). The molecule has 2 saturated heterocycles. The van der Waals surface area contributed by atoms with Crippen LogP contribution in [-0.2, 0) is 9.47 Å². The highest BCUT2D eigenvalue weighted by atomic mass is 16.5. The monoisotopic (exact) mass is 607 g/mol. The second-order valence-electron chi connectivity index (χ2n) is 13.0. The Bertz CT molecular complexity index is 1560. The van der Waals surface area contributed by atoms with E-state index in [1.54, 1.807) is 0 Å². The van der Waals surface area contributed by atoms with Crippen molar-refractivity contribution in [1.29, 1.82) is 0 Å². The predicted molar refractivity (Wildman–Crippen MR) is 179 cm³/mol. The molecule has 1 saturated carbocycles. The van der Waals surface area contributed by atoms with Gasteiger partial charge < -0.3 is 25.2 Å². The maximum atomic E-state index is 13.4. The summed E-state index contributed by atoms with van der Waals surface area (Å²) >= 11 is 0. The van der Waals surface area contributed by atoms with Gasteiger partial charge in [-0.1, -0.05) is 63.4 Å². The Labute approximate surface area is 266 Å². The maximum absolute atomic E-state index is 13.4. The molecule has 7 nitrogen and oxygen atoms in total. The highest BCUT2D eigenvalue weighted by Crippen LogP contribution is 2.39. The molecule has 7 heteroatoms. The number of carbonyl (C=O) groups excluding carboxylic acids is 1. The highest BCUT2D eigenvalue weighted by Gasteiger charge is 2.33. The molecule has 236 valence electrons. The summed E-state index contributed by atoms with van der Waals surface area (Å²) in [7, 11) is 0. The largest absolute Gasteiger partial charge is 0.393 e. The van der Waals surface area contributed by atoms with Crippen LogP contribution in [0.25, 0.3) is 5.57 Å². The molecule has 2 unspecified atom stereocenters. The number of Topliss-reactive ketones (excluding diaryl/α,β-unsaturated/α-hetero) is 1. The van der Waals surface area contributed by atoms with E-state index in [0.717, 1.165) is 76.2 Å². The minimum absolute atomic E-state index is 0.0955. The lowest BCUT2D eigenvalue weighted by atomic mass is 9.82. The molecule has 0 aromatic heterocycles. The van der Waals surface area contributed by atoms with E-state index in [4.69, 9.17) is 20.2 Å². The van der Waals surface area contributed by atoms with Gasteiger partial charge in [-0.25, -0.2) is 4.99 Å². The van der Waals surface area contributed by atoms with Gasteiger partial charge in [0.05, 0.1) is 25.0 Å². The average Bonchev–Trinajstić information content (AvgIpc) is 3.29. The van der Waals surface area contributed by atoms with E-state index in [1.807, 2.05) is 30.3 Å². The summed E-state index contributed by atoms with van der Waals surface area (Å²) in [5.41, 5.74) is 14.4. The number of nitrogens with zero attached hydrogens (tertiary/aromatic N) is 2. The number of rotatable bonds is 5. The number of carbonyl (C=O) groups is 1. The first-order chi connectivity index (χ1) is 21.7. The number of hydrogen-bond donors (Lipinski definition) is 2. The van der Waals surface area contributed by atoms with Crippen LogP contribution in [0, 0.1) is 17.8 Å². The Balaban J connectivity index is 1.39. The molecule has 0 amide bonds. The molecule has 1 aromatic carbocycles. The molecule has 2 aliphatic carbocycles. The van der Waals surface area contributed by atoms with E-state index in [2.05, 4.69) is 49.8 Å². The first-order valence-corrected chi connectivity index (χ1v) is 16.2. The molecule has 0 radical (unpaired) electrons. The van der Waals surface area contributed by atoms with Crippen molar-refractivity contribution in [2.75, 3.05) is 33.0 Å². The normalized spacial score (nSPS) is 29.3. The molecular formula is C38H45N3O4. The molecule has 5 atom stereocenters. The molecule has 45 heavy (non-hydrogen) atoms. The Morgan fingerprint density at radius 1 is 1.02 bits per heavy atom. The molecule has 1 aromatic rings. The van der Waals surface area contributed by atoms with Crippen LogP contribution >= 0.6 is 0 Å². The highest BCUT2D eigenvalue weighted by molar-refractivity contribution is 6.07. The van der Waals surface area contributed by atoms with Crippen LogP contribution in [0.2, 0.25) is 0 Å². The Morgan fingerprint density at radius 3 is 2.58 bits per heavy atom. The van der Waals surface area contributed by atoms with E-state index >= 15 is 0 Å². The smallest absolute Gasteiger partial charge is 0.166 e. The van der Waals surface area contributed by atoms with E-state index < -0.39 is 6.10 Å². The van der Waals surface area contributed by atoms with Crippen molar-refractivity contribution in [3.63, 3.8) is 0 Å². The van der Waals surface area contributed by atoms with Gasteiger partial charge in [-0.3, -0.25) is 4.79 Å². The third-order valence-corrected chi connectivity index (χ3v) is 9.83. The van der Waals surface area contributed by atoms with Crippen LogP contribution in [0.5, 0.6) is 0 Å². The lowest BCUT2D eigenvalue weighted by Gasteiger charge is -2.36. The Hall–Kier alpha value is -3.62. The van der Waals surface area contributed by atoms with E-state index in [0.29, 0.717) is 50.9 Å². The first kappa shape index (κ1) is 31.4. The molecule has 5 aliphatic rings. The summed E-state index contributed by atoms with van der Waals surface area (Å²) in [5.74, 6) is 1.32. The quantitative estimate of drug-likeness (QED) is 0.403. The first-order valence-electron chi connectivity index (χ1n) is 16.2. The molecule has 0 spiro atoms. The van der Waals surface area contributed by atoms with E-state index in [-0.39, 0.29) is 23.8 Å². The summed E-state index contributed by atoms with van der Waals surface area (Å²) in [6.07, 6.45) is 11.4. The number of aliphatic hydroxyl groups excluding tert-OH is 1. The topological polar surface area (TPSA) is 97.4 Å². The standard InChI is InChI=1S/C38H45N3O4/c1-23-17-34-24(2)18-35(26(4)31-13-15-44-21-25(31)3)40-38(41-14-16-45-22-36(41)39)33(34)12-11-32(23)27-7-5-8-28(19-27)37(43)29-9-6-10-30(42)20-29/h5,7-8,11-12,17-19,25,29-31,36,42H,1-2,4,6,9-10,13-16,20-22,39H2,3H3/t25-,29?,30+,31?,36+/m0/s1. The molecule has 0 bridgehead atoms. The third-order valence-electron chi connectivity index (χ3n) is 9.83. The van der Waals surface area contributed by atoms with Crippen molar-refractivity contribution < 1.29 is 19.4 Å². The van der Waals surface area contributed by atoms with Crippen LogP contribution in [0.4, 0.5) is 0 Å². The van der Waals surface area contributed by atoms with Crippen LogP contribution in [0.15, 0.2) is 107 Å². The summed E-state index contributed by atoms with van der Waals surface area (Å²) in [6.45, 7) is 18.7. The fourth-order valence-electron chi connectivity index (χ4n) is 7.22. The fraction of sp³-hybridized carbons (Fsp3) is 0.421. The predicted octanol–water partition coefficient (Wildman–Crippen LogP) is 5.92. The minimum atomic E-state index is -0.402. The number of ketones is 1. The summed E-state index contributed by atoms with van der Waals surface area (Å²) in [6, 6.07) is 7.77. The van der Waals surface area contributed by atoms with Crippen molar-refractivity contribution in [3.8, 4) is 0 Å². The van der Waals surface area contributed by atoms with Gasteiger partial charge in [-0.15, -0.1) is 0 Å². The zero-order chi connectivity index (χ0) is 31.7. The zero-order valence-electron chi connectivity index (χ0n) is 26.3. The summed E-state index contributed by atoms with van der Waals surface area (Å²) < 4.78 is 11.4. The number of benzene rings is 1. The SMILES string of the molecule is C=C1C=C(C(=C)C2CCOC[C@@H]2C)N=C(N2CCOC[C@@H]2N)C2=CC=C(c3cccc(C(=O)C4CCC[C@@H](O)C4)c3)C(=C)C=C12. The maximum Gasteiger partial charge on any atom is 0.166 e. The van der Waals surface area contributed by atoms with Gasteiger partial charge in [0.1, 0.15) is 12.0 Å². The number of nitrogens with two attached hydrogens (primary N) is 1. The number of allylic oxidation sites excluding steroid dienone is 8. The second kappa shape index (κ2) is 13.4. The molecule has 3 N–H and O–H groups in total. The van der Waals surface area contributed by atoms with Gasteiger partial charge in [0.25, 0.3) is 0 Å². The van der Waals surface area contributed by atoms with Gasteiger partial charge in [0, 0.05) is 36.8 Å². The number of morpholine rings is 1. The van der Waals surface area contributed by atoms with Crippen LogP contribution in [0.1, 0.15) is 54.9 Å². The second-order valence-corrected chi connectivity index (χ2v) is 13.0. The number of aliphatic imine (C=N–C) groups is 1. The van der Waals surface area contributed by atoms with Crippen LogP contribution in [-0.4, -0.2) is 66.9 Å². The van der Waals surface area contributed by atoms with Gasteiger partial charge >= 0.3 is 0 Å². The number of hydrogen-bond acceptors (Lipinski definition) is 7. The van der Waals surface area contributed by atoms with Crippen molar-refractivity contribution in [2.45, 2.75) is 51.3 Å². The molecular weight excluding hydrogens is 562 g/mol. The van der Waals surface area contributed by atoms with Crippen molar-refractivity contribution in [3.05, 3.63) is 113 Å². The molecule has 3 heterocycles. The lowest BCUT2D eigenvalue weighted by Crippen LogP contribution is -2.54. The van der Waals surface area contributed by atoms with E-state index in [9.17, 15) is 9.90 Å². The average molecular weight is 608 g/mol. The van der Waals surface area contributed by atoms with Gasteiger partial charge in [-0.2, -0.15) is 0 Å². The summed E-state index contributed by atoms with van der Waals surface area (Å²) in [5, 5.41) is 10.2. The van der Waals surface area contributed by atoms with Crippen LogP contribution in [0.3, 0.4) is 0 Å². The number of ether oxygens (including phenoxy) is 2. The van der Waals surface area contributed by atoms with Gasteiger partial charge in [0.15, 0.2) is 5.78 Å². The minimum Gasteiger partial charge on any atom is -0.393 e. The van der Waals surface area contributed by atoms with E-state index in [1.165, 1.54) is 0 Å². The van der Waals surface area contributed by atoms with Gasteiger partial charge in [0.2, 0.25) is 0 Å². The van der Waals surface area contributed by atoms with Crippen molar-refractivity contribution in [2.24, 2.45) is 28.5 Å². The number of amidine groups is 1. The van der Waals surface area contributed by atoms with Crippen LogP contribution < -0.4 is 5.73 Å². The third kappa shape index (κ3) is 6.54. The van der Waals surface area contributed by atoms with Gasteiger partial charge in [-0.05, 0) is 89.2 Å². The Morgan fingerprint density at radius 2 is 1.80 bits per heavy atom. The summed E-state index contributed by atoms with van der Waals surface area (Å²) in [4.78, 5) is 20.8. The van der Waals surface area contributed by atoms with Crippen molar-refractivity contribution in [1.82, 2.24) is 4.90 Å².